The number of aromatic amines is 1. The van der Waals surface area contributed by atoms with E-state index in [0.29, 0.717) is 17.9 Å². The van der Waals surface area contributed by atoms with Gasteiger partial charge in [-0.15, -0.1) is 0 Å². The minimum atomic E-state index is -1.96. The molecule has 28 nitrogen and oxygen atoms in total. The normalized spacial score (nSPS) is 24.7. The summed E-state index contributed by atoms with van der Waals surface area (Å²) in [4.78, 5) is 98.0. The number of hydrogen-bond acceptors (Lipinski definition) is 20. The van der Waals surface area contributed by atoms with Crippen molar-refractivity contribution >= 4 is 35.7 Å². The quantitative estimate of drug-likeness (QED) is 0.0332. The number of hydrogen-bond donors (Lipinski definition) is 15. The molecule has 2 aromatic carbocycles. The molecule has 0 bridgehead atoms. The summed E-state index contributed by atoms with van der Waals surface area (Å²) in [5.41, 5.74) is 11.7. The van der Waals surface area contributed by atoms with Crippen molar-refractivity contribution < 1.29 is 73.6 Å². The van der Waals surface area contributed by atoms with Gasteiger partial charge in [-0.1, -0.05) is 76.4 Å². The first kappa shape index (κ1) is 61.2. The smallest absolute Gasteiger partial charge is 0.330 e. The third-order valence-electron chi connectivity index (χ3n) is 13.6. The molecule has 1 aromatic heterocycles. The highest BCUT2D eigenvalue weighted by atomic mass is 16.7. The van der Waals surface area contributed by atoms with Crippen LogP contribution in [0.25, 0.3) is 11.1 Å². The maximum Gasteiger partial charge on any atom is 0.330 e. The minimum absolute atomic E-state index is 0.0169. The predicted molar refractivity (Wildman–Crippen MR) is 281 cm³/mol. The van der Waals surface area contributed by atoms with Crippen molar-refractivity contribution in [1.82, 2.24) is 41.5 Å². The topological polar surface area (TPSA) is 435 Å². The number of guanidine groups is 1. The van der Waals surface area contributed by atoms with E-state index in [0.717, 1.165) is 53.6 Å². The number of urea groups is 1. The molecule has 0 radical (unpaired) electrons. The summed E-state index contributed by atoms with van der Waals surface area (Å²) in [6.07, 6.45) is -10.0. The van der Waals surface area contributed by atoms with E-state index in [1.807, 2.05) is 29.2 Å². The number of carboxylic acids is 2. The largest absolute Gasteiger partial charge is 0.494 e. The fraction of sp³-hybridized carbons (Fsp3) is 0.569. The molecule has 6 rings (SSSR count). The average molecular weight is 1110 g/mol. The molecule has 3 aromatic rings. The molecule has 2 fully saturated rings. The molecule has 0 spiro atoms. The summed E-state index contributed by atoms with van der Waals surface area (Å²) in [5.74, 6) is -4.38. The van der Waals surface area contributed by atoms with Gasteiger partial charge < -0.3 is 93.0 Å². The molecule has 2 saturated heterocycles. The molecule has 3 aliphatic heterocycles. The number of nitrogens with zero attached hydrogens (tertiary/aromatic N) is 2. The first-order chi connectivity index (χ1) is 37.7. The van der Waals surface area contributed by atoms with Crippen molar-refractivity contribution in [1.29, 1.82) is 0 Å². The van der Waals surface area contributed by atoms with E-state index in [9.17, 15) is 64.2 Å². The van der Waals surface area contributed by atoms with Crippen molar-refractivity contribution in [2.45, 2.75) is 145 Å². The van der Waals surface area contributed by atoms with Crippen molar-refractivity contribution in [3.8, 4) is 16.9 Å². The Bertz CT molecular complexity index is 2670. The number of rotatable bonds is 28. The van der Waals surface area contributed by atoms with E-state index in [2.05, 4.69) is 43.8 Å². The third kappa shape index (κ3) is 16.1. The number of carbonyl (C=O) groups is 5. The van der Waals surface area contributed by atoms with Gasteiger partial charge in [-0.2, -0.15) is 0 Å². The van der Waals surface area contributed by atoms with Crippen LogP contribution in [0.4, 0.5) is 4.79 Å². The Morgan fingerprint density at radius 2 is 1.49 bits per heavy atom. The SMILES string of the molecule is CCCCCCOc1ccc(-c2ccc([C@H](NC(=O)[C@@H](NC(=O)N[C@H](C(=O)O)C(C)C)[C@@H]3CCNC(N)=N3)C(=O)NCCCN[C@H](C(=O)O)[C@H](O[C@@H]3O[C@H](CN)[C@@H](O)[C@H]3O)[C@H]3O[C@@H](n4ccc(=O)[nH]c4=O)[C@H](O)[C@@H]3O)cc2)cc1. The van der Waals surface area contributed by atoms with E-state index >= 15 is 0 Å². The lowest BCUT2D eigenvalue weighted by Crippen LogP contribution is -2.60. The molecule has 28 heteroatoms. The first-order valence-electron chi connectivity index (χ1n) is 26.2. The van der Waals surface area contributed by atoms with Crippen LogP contribution in [0.2, 0.25) is 0 Å². The van der Waals surface area contributed by atoms with Gasteiger partial charge in [0.15, 0.2) is 18.5 Å². The Labute approximate surface area is 453 Å². The number of ether oxygens (including phenoxy) is 4. The maximum absolute atomic E-state index is 14.4. The minimum Gasteiger partial charge on any atom is -0.494 e. The van der Waals surface area contributed by atoms with E-state index in [4.69, 9.17) is 30.4 Å². The number of nitrogens with two attached hydrogens (primary N) is 2. The number of carboxylic acid groups (broad SMARTS) is 2. The lowest BCUT2D eigenvalue weighted by atomic mass is 9.98. The molecule has 0 saturated carbocycles. The number of carbonyl (C=O) groups excluding carboxylic acids is 3. The van der Waals surface area contributed by atoms with Gasteiger partial charge in [-0.25, -0.2) is 19.4 Å². The van der Waals surface area contributed by atoms with E-state index < -0.39 is 132 Å². The molecular formula is C51H73N11O17. The van der Waals surface area contributed by atoms with Crippen LogP contribution >= 0.6 is 0 Å². The molecule has 17 N–H and O–H groups in total. The van der Waals surface area contributed by atoms with Gasteiger partial charge in [0.05, 0.1) is 12.6 Å². The Kier molecular flexibility index (Phi) is 22.3. The summed E-state index contributed by atoms with van der Waals surface area (Å²) in [7, 11) is 0. The molecular weight excluding hydrogens is 1040 g/mol. The maximum atomic E-state index is 14.4. The van der Waals surface area contributed by atoms with Gasteiger partial charge in [0.25, 0.3) is 5.56 Å². The summed E-state index contributed by atoms with van der Waals surface area (Å²) in [6, 6.07) is 7.10. The van der Waals surface area contributed by atoms with Gasteiger partial charge >= 0.3 is 23.7 Å². The first-order valence-corrected chi connectivity index (χ1v) is 26.2. The number of aliphatic carboxylic acids is 2. The van der Waals surface area contributed by atoms with Gasteiger partial charge in [-0.05, 0) is 60.5 Å². The standard InChI is InChI=1S/C51H73N11O17/c1-4-5-6-7-23-76-29-15-13-27(14-16-29)26-9-11-28(12-10-26)34(59-44(69)35(30-17-21-56-49(53)57-30)61-50(74)60-33(25(2)3)46(70)71)43(68)55-20-8-19-54-36(47(72)73)41(79-48-40(67)37(64)31(24-52)77-48)42-38(65)39(66)45(78-42)62-22-18-32(63)58-51(62)75/h9-16,18,22,25,30-31,33-42,45,48,54,64-67H,4-8,17,19-21,23-24,52H2,1-3H3,(H,55,68)(H,59,69)(H,70,71)(H,72,73)(H3,53,56,57)(H,58,63,75)(H2,60,61,74)/t30-,31+,33-,34-,35-,36-,37+,38-,39+,40+,41-,42-,45+,48-/m0/s1. The molecule has 14 atom stereocenters. The highest BCUT2D eigenvalue weighted by Gasteiger charge is 2.54. The number of H-pyrrole nitrogens is 1. The molecule has 79 heavy (non-hydrogen) atoms. The Hall–Kier alpha value is -7.02. The van der Waals surface area contributed by atoms with E-state index in [1.165, 1.54) is 0 Å². The molecule has 0 unspecified atom stereocenters. The van der Waals surface area contributed by atoms with Crippen LogP contribution < -0.4 is 59.4 Å². The van der Waals surface area contributed by atoms with Gasteiger partial charge in [-0.3, -0.25) is 28.7 Å². The van der Waals surface area contributed by atoms with Gasteiger partial charge in [0, 0.05) is 31.9 Å². The summed E-state index contributed by atoms with van der Waals surface area (Å²) in [5, 5.41) is 80.0. The van der Waals surface area contributed by atoms with Crippen molar-refractivity contribution in [3.05, 3.63) is 87.2 Å². The van der Waals surface area contributed by atoms with Gasteiger partial charge in [0.1, 0.15) is 72.6 Å². The van der Waals surface area contributed by atoms with Crippen LogP contribution in [0, 0.1) is 5.92 Å². The second kappa shape index (κ2) is 28.7. The number of aliphatic hydroxyl groups is 4. The monoisotopic (exact) mass is 1110 g/mol. The number of unbranched alkanes of at least 4 members (excludes halogenated alkanes) is 3. The third-order valence-corrected chi connectivity index (χ3v) is 13.6. The molecule has 4 amide bonds. The number of amides is 4. The highest BCUT2D eigenvalue weighted by molar-refractivity contribution is 5.94. The number of nitrogens with one attached hydrogen (secondary N) is 7. The van der Waals surface area contributed by atoms with Crippen LogP contribution in [0.3, 0.4) is 0 Å². The van der Waals surface area contributed by atoms with Gasteiger partial charge in [0.2, 0.25) is 11.8 Å². The van der Waals surface area contributed by atoms with Crippen LogP contribution in [0.5, 0.6) is 5.75 Å². The fourth-order valence-electron chi connectivity index (χ4n) is 9.26. The zero-order valence-corrected chi connectivity index (χ0v) is 43.9. The zero-order chi connectivity index (χ0) is 57.5. The van der Waals surface area contributed by atoms with Crippen molar-refractivity contribution in [3.63, 3.8) is 0 Å². The predicted octanol–water partition coefficient (Wildman–Crippen LogP) is -2.57. The average Bonchev–Trinajstić information content (AvgIpc) is 3.93. The number of aliphatic hydroxyl groups excluding tert-OH is 4. The Morgan fingerprint density at radius 1 is 0.810 bits per heavy atom. The zero-order valence-electron chi connectivity index (χ0n) is 43.9. The van der Waals surface area contributed by atoms with Crippen LogP contribution in [0.15, 0.2) is 75.4 Å². The molecule has 3 aliphatic rings. The lowest BCUT2D eigenvalue weighted by Gasteiger charge is -2.33. The van der Waals surface area contributed by atoms with E-state index in [1.54, 1.807) is 38.1 Å². The molecule has 0 aliphatic carbocycles. The summed E-state index contributed by atoms with van der Waals surface area (Å²) >= 11 is 0. The van der Waals surface area contributed by atoms with Crippen LogP contribution in [0.1, 0.15) is 77.1 Å². The summed E-state index contributed by atoms with van der Waals surface area (Å²) < 4.78 is 24.0. The summed E-state index contributed by atoms with van der Waals surface area (Å²) in [6.45, 7) is 5.50. The fourth-order valence-corrected chi connectivity index (χ4v) is 9.26. The van der Waals surface area contributed by atoms with E-state index in [-0.39, 0.29) is 45.0 Å². The van der Waals surface area contributed by atoms with Crippen molar-refractivity contribution in [2.75, 3.05) is 32.8 Å². The molecule has 4 heterocycles. The Morgan fingerprint density at radius 3 is 2.10 bits per heavy atom. The number of aliphatic imine (C=N–C) groups is 1. The second-order valence-electron chi connectivity index (χ2n) is 19.7. The highest BCUT2D eigenvalue weighted by Crippen LogP contribution is 2.35. The number of aromatic nitrogens is 2. The lowest BCUT2D eigenvalue weighted by molar-refractivity contribution is -0.228. The Balaban J connectivity index is 1.21. The van der Waals surface area contributed by atoms with Crippen LogP contribution in [-0.4, -0.2) is 182 Å². The number of benzene rings is 2. The van der Waals surface area contributed by atoms with Crippen LogP contribution in [-0.2, 0) is 33.4 Å². The molecule has 434 valence electrons. The second-order valence-corrected chi connectivity index (χ2v) is 19.7. The van der Waals surface area contributed by atoms with Crippen molar-refractivity contribution in [2.24, 2.45) is 22.4 Å².